The minimum atomic E-state index is -0.982. The number of thiazole rings is 1. The molecule has 0 atom stereocenters. The molecule has 3 heterocycles. The molecule has 0 unspecified atom stereocenters. The van der Waals surface area contributed by atoms with E-state index in [4.69, 9.17) is 0 Å². The van der Waals surface area contributed by atoms with E-state index in [1.807, 2.05) is 0 Å². The first kappa shape index (κ1) is 19.3. The highest BCUT2D eigenvalue weighted by Gasteiger charge is 2.16. The van der Waals surface area contributed by atoms with E-state index in [2.05, 4.69) is 36.3 Å². The third-order valence-electron chi connectivity index (χ3n) is 4.05. The summed E-state index contributed by atoms with van der Waals surface area (Å²) in [5, 5.41) is 8.81. The molecule has 0 fully saturated rings. The highest BCUT2D eigenvalue weighted by molar-refractivity contribution is 9.10. The van der Waals surface area contributed by atoms with E-state index in [-0.39, 0.29) is 17.1 Å². The van der Waals surface area contributed by atoms with E-state index in [1.165, 1.54) is 17.1 Å². The number of carbonyl (C=O) groups is 1. The van der Waals surface area contributed by atoms with Crippen molar-refractivity contribution < 1.29 is 13.6 Å². The van der Waals surface area contributed by atoms with E-state index in [1.54, 1.807) is 12.4 Å². The summed E-state index contributed by atoms with van der Waals surface area (Å²) >= 11 is 4.34. The van der Waals surface area contributed by atoms with Gasteiger partial charge in [-0.05, 0) is 34.1 Å². The summed E-state index contributed by atoms with van der Waals surface area (Å²) in [6.45, 7) is -0.275. The fourth-order valence-electron chi connectivity index (χ4n) is 2.68. The lowest BCUT2D eigenvalue weighted by atomic mass is 10.2. The van der Waals surface area contributed by atoms with Gasteiger partial charge in [-0.25, -0.2) is 23.4 Å². The van der Waals surface area contributed by atoms with Gasteiger partial charge < -0.3 is 5.32 Å². The first-order valence-corrected chi connectivity index (χ1v) is 9.79. The second kappa shape index (κ2) is 7.44. The van der Waals surface area contributed by atoms with Crippen LogP contribution in [0.25, 0.3) is 22.3 Å². The zero-order chi connectivity index (χ0) is 20.7. The number of carbonyl (C=O) groups excluding carboxylic acids is 1. The van der Waals surface area contributed by atoms with E-state index < -0.39 is 23.1 Å². The van der Waals surface area contributed by atoms with Crippen LogP contribution in [0.15, 0.2) is 39.3 Å². The lowest BCUT2D eigenvalue weighted by Gasteiger charge is -2.05. The van der Waals surface area contributed by atoms with Crippen molar-refractivity contribution >= 4 is 49.3 Å². The van der Waals surface area contributed by atoms with Crippen LogP contribution in [0.5, 0.6) is 0 Å². The zero-order valence-corrected chi connectivity index (χ0v) is 17.1. The van der Waals surface area contributed by atoms with Gasteiger partial charge in [-0.3, -0.25) is 14.2 Å². The molecule has 8 nitrogen and oxygen atoms in total. The quantitative estimate of drug-likeness (QED) is 0.484. The van der Waals surface area contributed by atoms with Gasteiger partial charge >= 0.3 is 0 Å². The van der Waals surface area contributed by atoms with Crippen molar-refractivity contribution in [3.63, 3.8) is 0 Å². The molecular weight excluding hydrogens is 470 g/mol. The Kier molecular flexibility index (Phi) is 4.96. The van der Waals surface area contributed by atoms with Crippen LogP contribution < -0.4 is 10.9 Å². The number of nitrogens with one attached hydrogen (secondary N) is 1. The summed E-state index contributed by atoms with van der Waals surface area (Å²) in [5.74, 6) is -2.42. The molecule has 3 aromatic heterocycles. The molecule has 0 aliphatic heterocycles. The zero-order valence-electron chi connectivity index (χ0n) is 14.7. The molecule has 12 heteroatoms. The van der Waals surface area contributed by atoms with E-state index >= 15 is 0 Å². The summed E-state index contributed by atoms with van der Waals surface area (Å²) < 4.78 is 29.4. The fraction of sp³-hybridized carbons (Fsp3) is 0.118. The smallest absolute Gasteiger partial charge is 0.266 e. The molecule has 0 saturated heterocycles. The maximum atomic E-state index is 13.4. The van der Waals surface area contributed by atoms with Crippen molar-refractivity contribution in [2.45, 2.75) is 6.54 Å². The van der Waals surface area contributed by atoms with E-state index in [0.29, 0.717) is 21.5 Å². The number of hydrogen-bond acceptors (Lipinski definition) is 6. The second-order valence-corrected chi connectivity index (χ2v) is 7.61. The van der Waals surface area contributed by atoms with Gasteiger partial charge in [-0.15, -0.1) is 11.3 Å². The van der Waals surface area contributed by atoms with Gasteiger partial charge in [0, 0.05) is 18.0 Å². The lowest BCUT2D eigenvalue weighted by Crippen LogP contribution is -2.28. The van der Waals surface area contributed by atoms with E-state index in [9.17, 15) is 18.4 Å². The van der Waals surface area contributed by atoms with Gasteiger partial charge in [0.1, 0.15) is 22.9 Å². The number of benzene rings is 1. The first-order valence-electron chi connectivity index (χ1n) is 8.12. The number of nitrogens with zero attached hydrogens (tertiary/aromatic N) is 5. The third kappa shape index (κ3) is 3.68. The average Bonchev–Trinajstić information content (AvgIpc) is 3.24. The number of rotatable bonds is 4. The van der Waals surface area contributed by atoms with Crippen LogP contribution in [0.4, 0.5) is 13.9 Å². The van der Waals surface area contributed by atoms with Gasteiger partial charge in [-0.1, -0.05) is 0 Å². The Morgan fingerprint density at radius 2 is 2.10 bits per heavy atom. The van der Waals surface area contributed by atoms with Crippen LogP contribution in [0.1, 0.15) is 0 Å². The Labute approximate surface area is 174 Å². The van der Waals surface area contributed by atoms with Crippen molar-refractivity contribution in [1.82, 2.24) is 24.3 Å². The number of fused-ring (bicyclic) bond motifs is 1. The second-order valence-electron chi connectivity index (χ2n) is 6.01. The Hall–Kier alpha value is -2.99. The molecule has 0 bridgehead atoms. The molecule has 0 saturated carbocycles. The van der Waals surface area contributed by atoms with Gasteiger partial charge in [0.2, 0.25) is 5.91 Å². The number of aryl methyl sites for hydroxylation is 1. The van der Waals surface area contributed by atoms with Crippen LogP contribution in [0.3, 0.4) is 0 Å². The van der Waals surface area contributed by atoms with E-state index in [0.717, 1.165) is 28.0 Å². The molecule has 29 heavy (non-hydrogen) atoms. The molecule has 1 N–H and O–H groups in total. The van der Waals surface area contributed by atoms with Gasteiger partial charge in [-0.2, -0.15) is 5.10 Å². The maximum Gasteiger partial charge on any atom is 0.266 e. The number of hydrogen-bond donors (Lipinski definition) is 1. The number of halogens is 3. The van der Waals surface area contributed by atoms with Gasteiger partial charge in [0.25, 0.3) is 5.56 Å². The lowest BCUT2D eigenvalue weighted by molar-refractivity contribution is -0.116. The molecule has 1 amide bonds. The fourth-order valence-corrected chi connectivity index (χ4v) is 4.00. The van der Waals surface area contributed by atoms with Crippen LogP contribution in [-0.4, -0.2) is 30.2 Å². The molecule has 0 aliphatic rings. The average molecular weight is 481 g/mol. The summed E-state index contributed by atoms with van der Waals surface area (Å²) in [6.07, 6.45) is 1.27. The number of amides is 1. The number of anilines is 1. The summed E-state index contributed by atoms with van der Waals surface area (Å²) in [4.78, 5) is 33.3. The highest BCUT2D eigenvalue weighted by atomic mass is 79.9. The van der Waals surface area contributed by atoms with Crippen LogP contribution >= 0.6 is 27.3 Å². The van der Waals surface area contributed by atoms with Crippen molar-refractivity contribution in [2.24, 2.45) is 7.05 Å². The monoisotopic (exact) mass is 480 g/mol. The summed E-state index contributed by atoms with van der Waals surface area (Å²) in [7, 11) is 1.66. The minimum Gasteiger partial charge on any atom is -0.300 e. The first-order chi connectivity index (χ1) is 13.8. The Bertz CT molecular complexity index is 1320. The van der Waals surface area contributed by atoms with Crippen molar-refractivity contribution in [3.8, 4) is 11.3 Å². The van der Waals surface area contributed by atoms with Crippen LogP contribution in [-0.2, 0) is 18.4 Å². The van der Waals surface area contributed by atoms with Crippen molar-refractivity contribution in [2.75, 3.05) is 5.32 Å². The molecule has 1 aromatic carbocycles. The largest absolute Gasteiger partial charge is 0.300 e. The Morgan fingerprint density at radius 3 is 2.86 bits per heavy atom. The normalized spacial score (nSPS) is 11.2. The molecule has 4 aromatic rings. The molecule has 0 aliphatic carbocycles. The Morgan fingerprint density at radius 1 is 1.31 bits per heavy atom. The SMILES string of the molecule is Cn1nc(Br)c2c(=O)n(CC(=O)Nc3nc(-c4ccc(F)c(F)c4)cs3)cnc21. The number of aromatic nitrogens is 5. The van der Waals surface area contributed by atoms with Crippen LogP contribution in [0.2, 0.25) is 0 Å². The predicted molar refractivity (Wildman–Crippen MR) is 107 cm³/mol. The van der Waals surface area contributed by atoms with Crippen molar-refractivity contribution in [3.05, 3.63) is 56.5 Å². The van der Waals surface area contributed by atoms with Gasteiger partial charge in [0.15, 0.2) is 22.4 Å². The topological polar surface area (TPSA) is 94.7 Å². The molecule has 0 radical (unpaired) electrons. The maximum absolute atomic E-state index is 13.4. The predicted octanol–water partition coefficient (Wildman–Crippen LogP) is 2.93. The molecule has 148 valence electrons. The molecular formula is C17H11BrF2N6O2S. The summed E-state index contributed by atoms with van der Waals surface area (Å²) in [5.41, 5.74) is 0.762. The van der Waals surface area contributed by atoms with Gasteiger partial charge in [0.05, 0.1) is 5.69 Å². The highest BCUT2D eigenvalue weighted by Crippen LogP contribution is 2.26. The Balaban J connectivity index is 1.52. The van der Waals surface area contributed by atoms with Crippen LogP contribution in [0, 0.1) is 11.6 Å². The molecule has 0 spiro atoms. The third-order valence-corrected chi connectivity index (χ3v) is 5.36. The summed E-state index contributed by atoms with van der Waals surface area (Å²) in [6, 6.07) is 3.43. The molecule has 4 rings (SSSR count). The van der Waals surface area contributed by atoms with Crippen molar-refractivity contribution in [1.29, 1.82) is 0 Å². The minimum absolute atomic E-state index is 0.263. The standard InChI is InChI=1S/C17H11BrF2N6O2S/c1-25-15-13(14(18)24-25)16(28)26(7-21-15)5-12(27)23-17-22-11(6-29-17)8-2-3-9(19)10(20)4-8/h2-4,6-7H,5H2,1H3,(H,22,23,27).